The molecule has 9 heteroatoms. The van der Waals surface area contributed by atoms with Crippen molar-refractivity contribution in [1.29, 1.82) is 5.41 Å². The van der Waals surface area contributed by atoms with Crippen LogP contribution in [-0.2, 0) is 6.42 Å². The van der Waals surface area contributed by atoms with Crippen molar-refractivity contribution in [2.24, 2.45) is 5.73 Å². The van der Waals surface area contributed by atoms with Gasteiger partial charge in [0.25, 0.3) is 0 Å². The van der Waals surface area contributed by atoms with E-state index in [1.807, 2.05) is 24.1 Å². The lowest BCUT2D eigenvalue weighted by molar-refractivity contribution is 0.399. The van der Waals surface area contributed by atoms with E-state index in [0.29, 0.717) is 0 Å². The Hall–Kier alpha value is -1.36. The van der Waals surface area contributed by atoms with Crippen molar-refractivity contribution in [3.05, 3.63) is 40.5 Å². The molecule has 2 heterocycles. The SMILES string of the molecule is Cc1cc(Br)cnc1NCCCN(CCCc1c[nH]cn1)C(=N)N.I. The Bertz CT molecular complexity index is 648. The second-order valence-corrected chi connectivity index (χ2v) is 6.55. The van der Waals surface area contributed by atoms with Crippen LogP contribution >= 0.6 is 39.9 Å². The predicted octanol–water partition coefficient (Wildman–Crippen LogP) is 3.12. The van der Waals surface area contributed by atoms with Gasteiger partial charge in [0.2, 0.25) is 0 Å². The van der Waals surface area contributed by atoms with Gasteiger partial charge in [-0.1, -0.05) is 0 Å². The van der Waals surface area contributed by atoms with Crippen LogP contribution in [0.5, 0.6) is 0 Å². The molecule has 0 amide bonds. The zero-order valence-corrected chi connectivity index (χ0v) is 18.2. The minimum absolute atomic E-state index is 0. The van der Waals surface area contributed by atoms with Gasteiger partial charge in [0.15, 0.2) is 5.96 Å². The van der Waals surface area contributed by atoms with Crippen molar-refractivity contribution in [3.8, 4) is 0 Å². The van der Waals surface area contributed by atoms with E-state index < -0.39 is 0 Å². The number of aryl methyl sites for hydroxylation is 2. The van der Waals surface area contributed by atoms with Gasteiger partial charge in [0.05, 0.1) is 12.0 Å². The number of imidazole rings is 1. The topological polar surface area (TPSA) is 107 Å². The van der Waals surface area contributed by atoms with Gasteiger partial charge < -0.3 is 20.9 Å². The minimum atomic E-state index is 0. The van der Waals surface area contributed by atoms with Crippen LogP contribution in [0.15, 0.2) is 29.3 Å². The summed E-state index contributed by atoms with van der Waals surface area (Å²) in [6.07, 6.45) is 8.06. The summed E-state index contributed by atoms with van der Waals surface area (Å²) in [5.41, 5.74) is 7.82. The molecule has 0 aliphatic heterocycles. The van der Waals surface area contributed by atoms with Crippen LogP contribution in [0.3, 0.4) is 0 Å². The molecule has 0 aliphatic carbocycles. The maximum absolute atomic E-state index is 7.71. The Balaban J connectivity index is 0.00000312. The van der Waals surface area contributed by atoms with Crippen LogP contribution in [0, 0.1) is 12.3 Å². The van der Waals surface area contributed by atoms with Gasteiger partial charge in [-0.25, -0.2) is 9.97 Å². The van der Waals surface area contributed by atoms with Gasteiger partial charge in [0, 0.05) is 36.5 Å². The third-order valence-corrected chi connectivity index (χ3v) is 4.13. The van der Waals surface area contributed by atoms with Gasteiger partial charge in [0.1, 0.15) is 5.82 Å². The molecule has 0 saturated carbocycles. The fourth-order valence-corrected chi connectivity index (χ4v) is 2.88. The Kier molecular flexibility index (Phi) is 9.79. The predicted molar refractivity (Wildman–Crippen MR) is 116 cm³/mol. The molecular weight excluding hydrogens is 497 g/mol. The molecule has 25 heavy (non-hydrogen) atoms. The average molecular weight is 522 g/mol. The normalized spacial score (nSPS) is 10.2. The van der Waals surface area contributed by atoms with Gasteiger partial charge >= 0.3 is 0 Å². The number of guanidine groups is 1. The van der Waals surface area contributed by atoms with Crippen LogP contribution in [0.2, 0.25) is 0 Å². The standard InChI is InChI=1S/C16H24BrN7.HI/c1-12-8-13(17)9-22-15(12)21-5-3-7-24(16(18)19)6-2-4-14-10-20-11-23-14;/h8-11H,2-7H2,1H3,(H3,18,19)(H,20,23)(H,21,22);1H. The number of rotatable bonds is 9. The Morgan fingerprint density at radius 3 is 2.76 bits per heavy atom. The highest BCUT2D eigenvalue weighted by Gasteiger charge is 2.07. The first-order chi connectivity index (χ1) is 11.6. The number of pyridine rings is 1. The van der Waals surface area contributed by atoms with Crippen molar-refractivity contribution in [1.82, 2.24) is 19.9 Å². The van der Waals surface area contributed by atoms with Gasteiger partial charge in [-0.2, -0.15) is 0 Å². The number of H-pyrrole nitrogens is 1. The van der Waals surface area contributed by atoms with Crippen molar-refractivity contribution >= 4 is 51.7 Å². The lowest BCUT2D eigenvalue weighted by atomic mass is 10.2. The summed E-state index contributed by atoms with van der Waals surface area (Å²) < 4.78 is 0.977. The summed E-state index contributed by atoms with van der Waals surface area (Å²) in [6, 6.07) is 2.03. The smallest absolute Gasteiger partial charge is 0.188 e. The molecule has 0 aliphatic rings. The Morgan fingerprint density at radius 2 is 2.12 bits per heavy atom. The maximum Gasteiger partial charge on any atom is 0.188 e. The van der Waals surface area contributed by atoms with Gasteiger partial charge in [-0.05, 0) is 53.7 Å². The largest absolute Gasteiger partial charge is 0.370 e. The molecule has 2 rings (SSSR count). The summed E-state index contributed by atoms with van der Waals surface area (Å²) in [6.45, 7) is 4.33. The number of aromatic nitrogens is 3. The molecule has 0 atom stereocenters. The Morgan fingerprint density at radius 1 is 1.36 bits per heavy atom. The molecule has 138 valence electrons. The number of nitrogens with zero attached hydrogens (tertiary/aromatic N) is 3. The molecule has 0 spiro atoms. The number of anilines is 1. The number of hydrogen-bond acceptors (Lipinski definition) is 4. The van der Waals surface area contributed by atoms with Crippen LogP contribution in [-0.4, -0.2) is 45.4 Å². The number of nitrogens with two attached hydrogens (primary N) is 1. The van der Waals surface area contributed by atoms with Gasteiger partial charge in [-0.3, -0.25) is 5.41 Å². The molecule has 0 unspecified atom stereocenters. The molecule has 0 saturated heterocycles. The molecule has 2 aromatic heterocycles. The summed E-state index contributed by atoms with van der Waals surface area (Å²) >= 11 is 3.41. The lowest BCUT2D eigenvalue weighted by Gasteiger charge is -2.22. The molecule has 0 radical (unpaired) electrons. The van der Waals surface area contributed by atoms with Gasteiger partial charge in [-0.15, -0.1) is 24.0 Å². The van der Waals surface area contributed by atoms with E-state index in [1.54, 1.807) is 12.5 Å². The highest BCUT2D eigenvalue weighted by molar-refractivity contribution is 14.0. The molecule has 2 aromatic rings. The molecule has 0 bridgehead atoms. The molecule has 5 N–H and O–H groups in total. The van der Waals surface area contributed by atoms with E-state index in [-0.39, 0.29) is 29.9 Å². The fourth-order valence-electron chi connectivity index (χ4n) is 2.43. The van der Waals surface area contributed by atoms with E-state index in [4.69, 9.17) is 11.1 Å². The van der Waals surface area contributed by atoms with Crippen LogP contribution in [0.4, 0.5) is 5.82 Å². The maximum atomic E-state index is 7.71. The quantitative estimate of drug-likeness (QED) is 0.175. The average Bonchev–Trinajstić information content (AvgIpc) is 3.04. The zero-order chi connectivity index (χ0) is 17.4. The van der Waals surface area contributed by atoms with Crippen molar-refractivity contribution in [3.63, 3.8) is 0 Å². The monoisotopic (exact) mass is 521 g/mol. The molecule has 0 fully saturated rings. The summed E-state index contributed by atoms with van der Waals surface area (Å²) in [7, 11) is 0. The summed E-state index contributed by atoms with van der Waals surface area (Å²) in [4.78, 5) is 13.4. The zero-order valence-electron chi connectivity index (χ0n) is 14.3. The first-order valence-electron chi connectivity index (χ1n) is 7.99. The molecule has 7 nitrogen and oxygen atoms in total. The fraction of sp³-hybridized carbons (Fsp3) is 0.438. The second kappa shape index (κ2) is 11.3. The number of aromatic amines is 1. The highest BCUT2D eigenvalue weighted by Crippen LogP contribution is 2.16. The first-order valence-corrected chi connectivity index (χ1v) is 8.78. The number of hydrogen-bond donors (Lipinski definition) is 4. The summed E-state index contributed by atoms with van der Waals surface area (Å²) in [5.74, 6) is 1.01. The molecular formula is C16H25BrIN7. The third kappa shape index (κ3) is 7.59. The summed E-state index contributed by atoms with van der Waals surface area (Å²) in [5, 5.41) is 11.0. The van der Waals surface area contributed by atoms with E-state index in [1.165, 1.54) is 0 Å². The minimum Gasteiger partial charge on any atom is -0.370 e. The molecule has 0 aromatic carbocycles. The third-order valence-electron chi connectivity index (χ3n) is 3.70. The van der Waals surface area contributed by atoms with Crippen LogP contribution in [0.25, 0.3) is 0 Å². The number of halogens is 2. The van der Waals surface area contributed by atoms with Crippen molar-refractivity contribution in [2.45, 2.75) is 26.2 Å². The van der Waals surface area contributed by atoms with Crippen LogP contribution < -0.4 is 11.1 Å². The number of nitrogens with one attached hydrogen (secondary N) is 3. The Labute approximate surface area is 173 Å². The van der Waals surface area contributed by atoms with Crippen molar-refractivity contribution < 1.29 is 0 Å². The van der Waals surface area contributed by atoms with E-state index in [9.17, 15) is 0 Å². The first kappa shape index (κ1) is 21.7. The van der Waals surface area contributed by atoms with E-state index >= 15 is 0 Å². The highest BCUT2D eigenvalue weighted by atomic mass is 127. The second-order valence-electron chi connectivity index (χ2n) is 5.64. The van der Waals surface area contributed by atoms with E-state index in [2.05, 4.69) is 36.2 Å². The lowest BCUT2D eigenvalue weighted by Crippen LogP contribution is -2.38. The van der Waals surface area contributed by atoms with Crippen molar-refractivity contribution in [2.75, 3.05) is 25.0 Å². The van der Waals surface area contributed by atoms with Crippen LogP contribution in [0.1, 0.15) is 24.1 Å². The van der Waals surface area contributed by atoms with E-state index in [0.717, 1.165) is 60.4 Å².